The quantitative estimate of drug-likeness (QED) is 0.774. The van der Waals surface area contributed by atoms with E-state index >= 15 is 0 Å². The van der Waals surface area contributed by atoms with Gasteiger partial charge in [0.2, 0.25) is 5.43 Å². The van der Waals surface area contributed by atoms with Crippen LogP contribution in [0.4, 0.5) is 0 Å². The van der Waals surface area contributed by atoms with E-state index in [1.54, 1.807) is 13.0 Å². The third kappa shape index (κ3) is 1.65. The summed E-state index contributed by atoms with van der Waals surface area (Å²) in [6.45, 7) is 4.66. The van der Waals surface area contributed by atoms with Crippen LogP contribution >= 0.6 is 0 Å². The van der Waals surface area contributed by atoms with Gasteiger partial charge in [-0.3, -0.25) is 4.79 Å². The molecule has 0 aliphatic carbocycles. The molecule has 0 unspecified atom stereocenters. The smallest absolute Gasteiger partial charge is 0.201 e. The molecule has 2 heterocycles. The van der Waals surface area contributed by atoms with E-state index in [0.717, 1.165) is 5.56 Å². The van der Waals surface area contributed by atoms with Gasteiger partial charge in [0.1, 0.15) is 11.8 Å². The molecule has 2 aromatic rings. The van der Waals surface area contributed by atoms with Crippen LogP contribution < -0.4 is 5.43 Å². The molecule has 4 nitrogen and oxygen atoms in total. The fraction of sp³-hybridized carbons (Fsp3) is 0.357. The van der Waals surface area contributed by atoms with E-state index in [1.165, 1.54) is 6.26 Å². The zero-order chi connectivity index (χ0) is 12.8. The third-order valence-electron chi connectivity index (χ3n) is 3.26. The molecule has 1 aliphatic heterocycles. The Balaban J connectivity index is 2.26. The molecule has 1 aromatic heterocycles. The lowest BCUT2D eigenvalue weighted by Crippen LogP contribution is -2.29. The van der Waals surface area contributed by atoms with Gasteiger partial charge in [0.25, 0.3) is 0 Å². The second-order valence-corrected chi connectivity index (χ2v) is 4.62. The van der Waals surface area contributed by atoms with Crippen molar-refractivity contribution in [1.29, 1.82) is 0 Å². The summed E-state index contributed by atoms with van der Waals surface area (Å²) in [6.07, 6.45) is 1.44. The molecule has 18 heavy (non-hydrogen) atoms. The van der Waals surface area contributed by atoms with Crippen LogP contribution in [0.1, 0.15) is 18.1 Å². The van der Waals surface area contributed by atoms with Crippen LogP contribution in [-0.4, -0.2) is 13.2 Å². The molecule has 1 saturated heterocycles. The molecule has 3 rings (SSSR count). The highest BCUT2D eigenvalue weighted by Crippen LogP contribution is 2.29. The van der Waals surface area contributed by atoms with Crippen LogP contribution in [0, 0.1) is 6.92 Å². The Kier molecular flexibility index (Phi) is 2.50. The van der Waals surface area contributed by atoms with E-state index in [4.69, 9.17) is 13.9 Å². The van der Waals surface area contributed by atoms with Crippen LogP contribution in [0.5, 0.6) is 0 Å². The number of rotatable bonds is 1. The molecule has 0 saturated carbocycles. The molecule has 0 spiro atoms. The van der Waals surface area contributed by atoms with Crippen LogP contribution in [0.25, 0.3) is 11.0 Å². The highest BCUT2D eigenvalue weighted by atomic mass is 16.7. The van der Waals surface area contributed by atoms with E-state index in [-0.39, 0.29) is 5.43 Å². The summed E-state index contributed by atoms with van der Waals surface area (Å²) in [5.41, 5.74) is 1.92. The van der Waals surface area contributed by atoms with Gasteiger partial charge in [-0.2, -0.15) is 0 Å². The Morgan fingerprint density at radius 1 is 1.22 bits per heavy atom. The first-order valence-corrected chi connectivity index (χ1v) is 5.91. The van der Waals surface area contributed by atoms with Gasteiger partial charge in [-0.15, -0.1) is 0 Å². The first-order chi connectivity index (χ1) is 8.60. The van der Waals surface area contributed by atoms with Crippen LogP contribution in [-0.2, 0) is 15.3 Å². The van der Waals surface area contributed by atoms with Crippen molar-refractivity contribution >= 4 is 11.0 Å². The van der Waals surface area contributed by atoms with Gasteiger partial charge in [-0.1, -0.05) is 11.6 Å². The lowest BCUT2D eigenvalue weighted by Gasteiger charge is -2.21. The van der Waals surface area contributed by atoms with Gasteiger partial charge < -0.3 is 13.9 Å². The summed E-state index contributed by atoms with van der Waals surface area (Å²) < 4.78 is 16.5. The summed E-state index contributed by atoms with van der Waals surface area (Å²) >= 11 is 0. The average Bonchev–Trinajstić information content (AvgIpc) is 2.78. The van der Waals surface area contributed by atoms with Crippen LogP contribution in [0.2, 0.25) is 0 Å². The zero-order valence-electron chi connectivity index (χ0n) is 10.4. The summed E-state index contributed by atoms with van der Waals surface area (Å²) in [7, 11) is 0. The van der Waals surface area contributed by atoms with Crippen molar-refractivity contribution in [3.8, 4) is 0 Å². The Hall–Kier alpha value is -1.65. The second kappa shape index (κ2) is 3.93. The Morgan fingerprint density at radius 3 is 2.67 bits per heavy atom. The molecule has 0 radical (unpaired) electrons. The Labute approximate surface area is 104 Å². The van der Waals surface area contributed by atoms with Crippen molar-refractivity contribution in [3.05, 3.63) is 45.8 Å². The minimum Gasteiger partial charge on any atom is -0.464 e. The predicted molar refractivity (Wildman–Crippen MR) is 66.5 cm³/mol. The molecule has 4 heteroatoms. The molecule has 94 valence electrons. The normalized spacial score (nSPS) is 18.3. The van der Waals surface area contributed by atoms with Gasteiger partial charge in [-0.25, -0.2) is 0 Å². The zero-order valence-corrected chi connectivity index (χ0v) is 10.4. The molecule has 0 atom stereocenters. The fourth-order valence-electron chi connectivity index (χ4n) is 2.23. The number of hydrogen-bond donors (Lipinski definition) is 0. The number of benzene rings is 1. The number of aryl methyl sites for hydroxylation is 1. The second-order valence-electron chi connectivity index (χ2n) is 4.62. The monoisotopic (exact) mass is 246 g/mol. The maximum atomic E-state index is 12.5. The molecule has 0 N–H and O–H groups in total. The van der Waals surface area contributed by atoms with Gasteiger partial charge in [0.15, 0.2) is 5.79 Å². The van der Waals surface area contributed by atoms with E-state index in [9.17, 15) is 4.79 Å². The molecule has 1 fully saturated rings. The summed E-state index contributed by atoms with van der Waals surface area (Å²) in [5, 5.41) is 0.563. The lowest BCUT2D eigenvalue weighted by molar-refractivity contribution is -0.151. The topological polar surface area (TPSA) is 48.7 Å². The summed E-state index contributed by atoms with van der Waals surface area (Å²) in [6, 6.07) is 5.53. The van der Waals surface area contributed by atoms with Crippen molar-refractivity contribution in [3.63, 3.8) is 0 Å². The number of hydrogen-bond acceptors (Lipinski definition) is 4. The van der Waals surface area contributed by atoms with Crippen molar-refractivity contribution in [2.75, 3.05) is 13.2 Å². The third-order valence-corrected chi connectivity index (χ3v) is 3.26. The SMILES string of the molecule is Cc1ccc2occ(C3(C)OCCO3)c(=O)c2c1. The van der Waals surface area contributed by atoms with Crippen molar-refractivity contribution in [1.82, 2.24) is 0 Å². The largest absolute Gasteiger partial charge is 0.464 e. The highest BCUT2D eigenvalue weighted by molar-refractivity contribution is 5.77. The molecule has 1 aliphatic rings. The minimum atomic E-state index is -0.988. The predicted octanol–water partition coefficient (Wildman–Crippen LogP) is 2.32. The van der Waals surface area contributed by atoms with E-state index in [1.807, 2.05) is 19.1 Å². The van der Waals surface area contributed by atoms with Gasteiger partial charge in [0.05, 0.1) is 24.2 Å². The van der Waals surface area contributed by atoms with Gasteiger partial charge in [-0.05, 0) is 26.0 Å². The average molecular weight is 246 g/mol. The molecular weight excluding hydrogens is 232 g/mol. The lowest BCUT2D eigenvalue weighted by atomic mass is 10.1. The highest BCUT2D eigenvalue weighted by Gasteiger charge is 2.36. The first-order valence-electron chi connectivity index (χ1n) is 5.91. The minimum absolute atomic E-state index is 0.0932. The number of fused-ring (bicyclic) bond motifs is 1. The first kappa shape index (κ1) is 11.4. The van der Waals surface area contributed by atoms with Gasteiger partial charge in [0, 0.05) is 0 Å². The summed E-state index contributed by atoms with van der Waals surface area (Å²) in [4.78, 5) is 12.5. The van der Waals surface area contributed by atoms with Crippen molar-refractivity contribution < 1.29 is 13.9 Å². The standard InChI is InChI=1S/C14H14O4/c1-9-3-4-12-10(7-9)13(15)11(8-16-12)14(2)17-5-6-18-14/h3-4,7-8H,5-6H2,1-2H3. The van der Waals surface area contributed by atoms with E-state index in [0.29, 0.717) is 29.7 Å². The van der Waals surface area contributed by atoms with Crippen molar-refractivity contribution in [2.45, 2.75) is 19.6 Å². The maximum Gasteiger partial charge on any atom is 0.201 e. The number of ether oxygens (including phenoxy) is 2. The Bertz CT molecular complexity index is 650. The molecule has 0 bridgehead atoms. The molecular formula is C14H14O4. The van der Waals surface area contributed by atoms with Gasteiger partial charge >= 0.3 is 0 Å². The Morgan fingerprint density at radius 2 is 1.94 bits per heavy atom. The van der Waals surface area contributed by atoms with E-state index < -0.39 is 5.79 Å². The van der Waals surface area contributed by atoms with Crippen LogP contribution in [0.15, 0.2) is 33.7 Å². The summed E-state index contributed by atoms with van der Waals surface area (Å²) in [5.74, 6) is -0.988. The van der Waals surface area contributed by atoms with E-state index in [2.05, 4.69) is 0 Å². The molecule has 1 aromatic carbocycles. The maximum absolute atomic E-state index is 12.5. The molecule has 0 amide bonds. The van der Waals surface area contributed by atoms with Crippen molar-refractivity contribution in [2.24, 2.45) is 0 Å². The van der Waals surface area contributed by atoms with Crippen LogP contribution in [0.3, 0.4) is 0 Å². The fourth-order valence-corrected chi connectivity index (χ4v) is 2.23.